The van der Waals surface area contributed by atoms with Crippen LogP contribution in [0.1, 0.15) is 30.6 Å². The number of carbonyl (C=O) groups is 1. The van der Waals surface area contributed by atoms with Crippen molar-refractivity contribution in [3.63, 3.8) is 0 Å². The van der Waals surface area contributed by atoms with Gasteiger partial charge in [-0.25, -0.2) is 4.68 Å². The number of hydrogen-bond acceptors (Lipinski definition) is 3. The number of benzene rings is 2. The molecule has 7 heteroatoms. The highest BCUT2D eigenvalue weighted by Crippen LogP contribution is 2.27. The lowest BCUT2D eigenvalue weighted by atomic mass is 10.1. The van der Waals surface area contributed by atoms with Crippen molar-refractivity contribution < 1.29 is 4.79 Å². The number of anilines is 1. The highest BCUT2D eigenvalue weighted by atomic mass is 35.5. The standard InChI is InChI=1S/C24H23ClN4O2/c1-4-20(23(31)26-18-10-8-9-17(25)14-18)28-21(30)13-15(2)22-16(3)27-29(24(22)28)19-11-6-5-7-12-19/h5-14,20H,4H2,1-3H3,(H,26,31). The molecule has 0 fully saturated rings. The van der Waals surface area contributed by atoms with E-state index in [1.165, 1.54) is 0 Å². The van der Waals surface area contributed by atoms with Gasteiger partial charge in [-0.2, -0.15) is 5.10 Å². The quantitative estimate of drug-likeness (QED) is 0.478. The number of nitrogens with one attached hydrogen (secondary N) is 1. The van der Waals surface area contributed by atoms with Crippen molar-refractivity contribution in [3.8, 4) is 5.69 Å². The molecule has 1 unspecified atom stereocenters. The molecular weight excluding hydrogens is 412 g/mol. The van der Waals surface area contributed by atoms with Crippen molar-refractivity contribution in [2.24, 2.45) is 0 Å². The van der Waals surface area contributed by atoms with E-state index in [1.54, 1.807) is 39.6 Å². The number of halogens is 1. The Morgan fingerprint density at radius 2 is 1.84 bits per heavy atom. The molecule has 0 radical (unpaired) electrons. The molecular formula is C24H23ClN4O2. The summed E-state index contributed by atoms with van der Waals surface area (Å²) in [5, 5.41) is 8.99. The summed E-state index contributed by atoms with van der Waals surface area (Å²) in [7, 11) is 0. The number of carbonyl (C=O) groups excluding carboxylic acids is 1. The molecule has 6 nitrogen and oxygen atoms in total. The SMILES string of the molecule is CCC(C(=O)Nc1cccc(Cl)c1)n1c(=O)cc(C)c2c(C)nn(-c3ccccc3)c21. The summed E-state index contributed by atoms with van der Waals surface area (Å²) >= 11 is 6.05. The van der Waals surface area contributed by atoms with E-state index in [1.807, 2.05) is 51.1 Å². The molecule has 1 atom stereocenters. The minimum Gasteiger partial charge on any atom is -0.324 e. The molecule has 1 N–H and O–H groups in total. The Bertz CT molecular complexity index is 1320. The van der Waals surface area contributed by atoms with E-state index in [9.17, 15) is 9.59 Å². The zero-order valence-corrected chi connectivity index (χ0v) is 18.3. The van der Waals surface area contributed by atoms with Crippen LogP contribution in [0.25, 0.3) is 16.7 Å². The number of rotatable bonds is 5. The summed E-state index contributed by atoms with van der Waals surface area (Å²) in [6, 6.07) is 17.4. The van der Waals surface area contributed by atoms with Crippen LogP contribution in [0.15, 0.2) is 65.5 Å². The molecule has 2 heterocycles. The van der Waals surface area contributed by atoms with Crippen LogP contribution in [-0.4, -0.2) is 20.3 Å². The van der Waals surface area contributed by atoms with E-state index < -0.39 is 6.04 Å². The third kappa shape index (κ3) is 3.86. The van der Waals surface area contributed by atoms with Crippen molar-refractivity contribution in [3.05, 3.63) is 87.3 Å². The van der Waals surface area contributed by atoms with Gasteiger partial charge in [0.2, 0.25) is 5.91 Å². The number of para-hydroxylation sites is 1. The Labute approximate surface area is 185 Å². The first-order chi connectivity index (χ1) is 14.9. The van der Waals surface area contributed by atoms with Gasteiger partial charge in [-0.1, -0.05) is 42.8 Å². The lowest BCUT2D eigenvalue weighted by molar-refractivity contribution is -0.119. The number of hydrogen-bond donors (Lipinski definition) is 1. The smallest absolute Gasteiger partial charge is 0.253 e. The van der Waals surface area contributed by atoms with Crippen LogP contribution in [0.3, 0.4) is 0 Å². The molecule has 0 aliphatic heterocycles. The normalized spacial score (nSPS) is 12.1. The summed E-state index contributed by atoms with van der Waals surface area (Å²) in [5.41, 5.74) is 3.41. The number of nitrogens with zero attached hydrogens (tertiary/aromatic N) is 3. The molecule has 0 saturated heterocycles. The van der Waals surface area contributed by atoms with Crippen LogP contribution in [0.5, 0.6) is 0 Å². The summed E-state index contributed by atoms with van der Waals surface area (Å²) in [5.74, 6) is -0.282. The Morgan fingerprint density at radius 3 is 2.52 bits per heavy atom. The Kier molecular flexibility index (Phi) is 5.65. The maximum Gasteiger partial charge on any atom is 0.253 e. The average Bonchev–Trinajstić information content (AvgIpc) is 3.09. The molecule has 0 saturated carbocycles. The van der Waals surface area contributed by atoms with Gasteiger partial charge in [0.05, 0.1) is 11.4 Å². The van der Waals surface area contributed by atoms with E-state index in [4.69, 9.17) is 16.7 Å². The number of fused-ring (bicyclic) bond motifs is 1. The predicted molar refractivity (Wildman–Crippen MR) is 124 cm³/mol. The van der Waals surface area contributed by atoms with Crippen molar-refractivity contribution in [1.82, 2.24) is 14.3 Å². The van der Waals surface area contributed by atoms with Crippen LogP contribution in [0, 0.1) is 13.8 Å². The van der Waals surface area contributed by atoms with Crippen LogP contribution in [0.2, 0.25) is 5.02 Å². The van der Waals surface area contributed by atoms with E-state index in [0.717, 1.165) is 22.3 Å². The maximum atomic E-state index is 13.2. The molecule has 4 rings (SSSR count). The van der Waals surface area contributed by atoms with Crippen LogP contribution in [-0.2, 0) is 4.79 Å². The zero-order chi connectivity index (χ0) is 22.1. The number of aromatic nitrogens is 3. The molecule has 0 aliphatic rings. The van der Waals surface area contributed by atoms with Crippen molar-refractivity contribution >= 4 is 34.2 Å². The zero-order valence-electron chi connectivity index (χ0n) is 17.6. The van der Waals surface area contributed by atoms with Crippen LogP contribution < -0.4 is 10.9 Å². The molecule has 158 valence electrons. The van der Waals surface area contributed by atoms with E-state index in [-0.39, 0.29) is 11.5 Å². The van der Waals surface area contributed by atoms with Gasteiger partial charge in [0.1, 0.15) is 11.7 Å². The van der Waals surface area contributed by atoms with Gasteiger partial charge >= 0.3 is 0 Å². The number of pyridine rings is 1. The fourth-order valence-corrected chi connectivity index (χ4v) is 4.15. The Hall–Kier alpha value is -3.38. The molecule has 0 spiro atoms. The summed E-state index contributed by atoms with van der Waals surface area (Å²) in [4.78, 5) is 26.4. The highest BCUT2D eigenvalue weighted by molar-refractivity contribution is 6.30. The van der Waals surface area contributed by atoms with Crippen molar-refractivity contribution in [2.45, 2.75) is 33.2 Å². The van der Waals surface area contributed by atoms with E-state index in [0.29, 0.717) is 22.8 Å². The molecule has 0 aliphatic carbocycles. The topological polar surface area (TPSA) is 68.9 Å². The van der Waals surface area contributed by atoms with Gasteiger partial charge in [-0.15, -0.1) is 0 Å². The fraction of sp³-hybridized carbons (Fsp3) is 0.208. The molecule has 4 aromatic rings. The maximum absolute atomic E-state index is 13.2. The van der Waals surface area contributed by atoms with Gasteiger partial charge in [0, 0.05) is 22.2 Å². The third-order valence-corrected chi connectivity index (χ3v) is 5.57. The van der Waals surface area contributed by atoms with Gasteiger partial charge in [0.25, 0.3) is 5.56 Å². The number of amides is 1. The van der Waals surface area contributed by atoms with E-state index in [2.05, 4.69) is 5.32 Å². The van der Waals surface area contributed by atoms with Crippen LogP contribution in [0.4, 0.5) is 5.69 Å². The fourth-order valence-electron chi connectivity index (χ4n) is 3.96. The second-order valence-corrected chi connectivity index (χ2v) is 7.93. The molecule has 2 aromatic carbocycles. The van der Waals surface area contributed by atoms with Gasteiger partial charge in [-0.05, 0) is 56.2 Å². The van der Waals surface area contributed by atoms with Crippen molar-refractivity contribution in [2.75, 3.05) is 5.32 Å². The second-order valence-electron chi connectivity index (χ2n) is 7.49. The van der Waals surface area contributed by atoms with E-state index >= 15 is 0 Å². The van der Waals surface area contributed by atoms with Gasteiger partial charge in [-0.3, -0.25) is 14.2 Å². The minimum absolute atomic E-state index is 0.241. The predicted octanol–water partition coefficient (Wildman–Crippen LogP) is 5.05. The first-order valence-corrected chi connectivity index (χ1v) is 10.5. The minimum atomic E-state index is -0.715. The summed E-state index contributed by atoms with van der Waals surface area (Å²) < 4.78 is 3.30. The average molecular weight is 435 g/mol. The van der Waals surface area contributed by atoms with Gasteiger partial charge < -0.3 is 5.32 Å². The highest BCUT2D eigenvalue weighted by Gasteiger charge is 2.26. The van der Waals surface area contributed by atoms with Crippen molar-refractivity contribution in [1.29, 1.82) is 0 Å². The summed E-state index contributed by atoms with van der Waals surface area (Å²) in [6.07, 6.45) is 0.434. The number of aryl methyl sites for hydroxylation is 2. The monoisotopic (exact) mass is 434 g/mol. The molecule has 1 amide bonds. The molecule has 31 heavy (non-hydrogen) atoms. The van der Waals surface area contributed by atoms with Gasteiger partial charge in [0.15, 0.2) is 0 Å². The Balaban J connectivity index is 1.91. The first kappa shape index (κ1) is 20.9. The lowest BCUT2D eigenvalue weighted by Gasteiger charge is -2.21. The molecule has 2 aromatic heterocycles. The third-order valence-electron chi connectivity index (χ3n) is 5.33. The Morgan fingerprint density at radius 1 is 1.10 bits per heavy atom. The molecule has 0 bridgehead atoms. The summed E-state index contributed by atoms with van der Waals surface area (Å²) in [6.45, 7) is 5.69. The largest absolute Gasteiger partial charge is 0.324 e. The van der Waals surface area contributed by atoms with Crippen LogP contribution >= 0.6 is 11.6 Å². The first-order valence-electron chi connectivity index (χ1n) is 10.1. The lowest BCUT2D eigenvalue weighted by Crippen LogP contribution is -2.34. The second kappa shape index (κ2) is 8.40.